The number of anilines is 2. The fourth-order valence-corrected chi connectivity index (χ4v) is 2.78. The minimum Gasteiger partial charge on any atom is -0.474 e. The number of aromatic nitrogens is 4. The van der Waals surface area contributed by atoms with Crippen LogP contribution in [-0.2, 0) is 4.74 Å². The second kappa shape index (κ2) is 10.5. The summed E-state index contributed by atoms with van der Waals surface area (Å²) in [6.45, 7) is 2.89. The van der Waals surface area contributed by atoms with E-state index in [-0.39, 0.29) is 18.1 Å². The van der Waals surface area contributed by atoms with E-state index in [2.05, 4.69) is 35.5 Å². The molecule has 2 aromatic rings. The molecule has 1 saturated carbocycles. The first-order chi connectivity index (χ1) is 14.6. The SMILES string of the molecule is CNC(=O)NC.Nc1ncc(-c2cc(OC3CCC3)nc(N3CCOCC3)n2)cn1. The van der Waals surface area contributed by atoms with Crippen molar-refractivity contribution < 1.29 is 14.3 Å². The summed E-state index contributed by atoms with van der Waals surface area (Å²) in [5.41, 5.74) is 7.10. The molecule has 3 heterocycles. The van der Waals surface area contributed by atoms with Crippen molar-refractivity contribution in [2.24, 2.45) is 0 Å². The van der Waals surface area contributed by atoms with Gasteiger partial charge < -0.3 is 30.7 Å². The van der Waals surface area contributed by atoms with Gasteiger partial charge in [0, 0.05) is 51.2 Å². The summed E-state index contributed by atoms with van der Waals surface area (Å²) in [4.78, 5) is 29.4. The number of nitrogens with zero attached hydrogens (tertiary/aromatic N) is 5. The molecule has 30 heavy (non-hydrogen) atoms. The summed E-state index contributed by atoms with van der Waals surface area (Å²) in [5.74, 6) is 1.50. The molecule has 0 atom stereocenters. The Morgan fingerprint density at radius 3 is 2.37 bits per heavy atom. The lowest BCUT2D eigenvalue weighted by atomic mass is 9.96. The zero-order valence-corrected chi connectivity index (χ0v) is 17.3. The van der Waals surface area contributed by atoms with Gasteiger partial charge in [-0.3, -0.25) is 0 Å². The summed E-state index contributed by atoms with van der Waals surface area (Å²) in [7, 11) is 3.14. The van der Waals surface area contributed by atoms with E-state index < -0.39 is 0 Å². The third kappa shape index (κ3) is 5.89. The number of urea groups is 1. The molecule has 0 bridgehead atoms. The zero-order valence-electron chi connectivity index (χ0n) is 17.3. The van der Waals surface area contributed by atoms with E-state index in [9.17, 15) is 4.79 Å². The number of hydrogen-bond donors (Lipinski definition) is 3. The van der Waals surface area contributed by atoms with E-state index in [1.165, 1.54) is 6.42 Å². The lowest BCUT2D eigenvalue weighted by molar-refractivity contribution is 0.113. The molecular formula is C19H28N8O3. The van der Waals surface area contributed by atoms with E-state index in [0.717, 1.165) is 37.2 Å². The molecule has 2 aromatic heterocycles. The smallest absolute Gasteiger partial charge is 0.314 e. The van der Waals surface area contributed by atoms with Crippen LogP contribution in [0.5, 0.6) is 5.88 Å². The number of amides is 2. The van der Waals surface area contributed by atoms with Gasteiger partial charge in [-0.2, -0.15) is 4.98 Å². The molecule has 2 aliphatic rings. The predicted octanol–water partition coefficient (Wildman–Crippen LogP) is 0.829. The number of nitrogen functional groups attached to an aromatic ring is 1. The van der Waals surface area contributed by atoms with Crippen LogP contribution in [0.2, 0.25) is 0 Å². The third-order valence-electron chi connectivity index (χ3n) is 4.75. The molecule has 11 heteroatoms. The lowest BCUT2D eigenvalue weighted by Gasteiger charge is -2.29. The van der Waals surface area contributed by atoms with E-state index in [1.54, 1.807) is 26.5 Å². The minimum absolute atomic E-state index is 0.157. The van der Waals surface area contributed by atoms with E-state index in [1.807, 2.05) is 6.07 Å². The van der Waals surface area contributed by atoms with Gasteiger partial charge in [0.1, 0.15) is 6.10 Å². The van der Waals surface area contributed by atoms with Gasteiger partial charge in [0.05, 0.1) is 18.9 Å². The van der Waals surface area contributed by atoms with Gasteiger partial charge >= 0.3 is 6.03 Å². The molecule has 0 radical (unpaired) electrons. The Balaban J connectivity index is 0.000000377. The molecule has 11 nitrogen and oxygen atoms in total. The van der Waals surface area contributed by atoms with E-state index >= 15 is 0 Å². The first kappa shape index (κ1) is 21.5. The first-order valence-electron chi connectivity index (χ1n) is 9.95. The average Bonchev–Trinajstić information content (AvgIpc) is 2.77. The molecule has 2 amide bonds. The van der Waals surface area contributed by atoms with Gasteiger partial charge in [0.2, 0.25) is 17.8 Å². The van der Waals surface area contributed by atoms with Gasteiger partial charge in [-0.15, -0.1) is 0 Å². The average molecular weight is 416 g/mol. The molecule has 0 aromatic carbocycles. The monoisotopic (exact) mass is 416 g/mol. The van der Waals surface area contributed by atoms with E-state index in [0.29, 0.717) is 25.0 Å². The number of carbonyl (C=O) groups is 1. The molecule has 4 rings (SSSR count). The third-order valence-corrected chi connectivity index (χ3v) is 4.75. The minimum atomic E-state index is -0.157. The van der Waals surface area contributed by atoms with Gasteiger partial charge in [-0.1, -0.05) is 0 Å². The van der Waals surface area contributed by atoms with Crippen LogP contribution in [0.25, 0.3) is 11.3 Å². The lowest BCUT2D eigenvalue weighted by Crippen LogP contribution is -2.37. The Labute approximate surface area is 175 Å². The maximum Gasteiger partial charge on any atom is 0.314 e. The summed E-state index contributed by atoms with van der Waals surface area (Å²) in [5, 5.41) is 4.73. The summed E-state index contributed by atoms with van der Waals surface area (Å²) in [6, 6.07) is 1.69. The molecule has 0 spiro atoms. The van der Waals surface area contributed by atoms with Crippen molar-refractivity contribution in [2.75, 3.05) is 51.0 Å². The van der Waals surface area contributed by atoms with Gasteiger partial charge in [0.15, 0.2) is 0 Å². The Kier molecular flexibility index (Phi) is 7.55. The maximum atomic E-state index is 9.96. The van der Waals surface area contributed by atoms with Crippen molar-refractivity contribution in [3.05, 3.63) is 18.5 Å². The molecule has 0 unspecified atom stereocenters. The fourth-order valence-electron chi connectivity index (χ4n) is 2.78. The number of ether oxygens (including phenoxy) is 2. The highest BCUT2D eigenvalue weighted by Crippen LogP contribution is 2.28. The van der Waals surface area contributed by atoms with Crippen LogP contribution in [0.1, 0.15) is 19.3 Å². The highest BCUT2D eigenvalue weighted by Gasteiger charge is 2.22. The quantitative estimate of drug-likeness (QED) is 0.661. The topological polar surface area (TPSA) is 140 Å². The number of carbonyl (C=O) groups excluding carboxylic acids is 1. The zero-order chi connectivity index (χ0) is 21.3. The second-order valence-electron chi connectivity index (χ2n) is 6.82. The number of hydrogen-bond acceptors (Lipinski definition) is 9. The standard InChI is InChI=1S/C16H20N6O2.C3H8N2O/c17-15-18-9-11(10-19-15)13-8-14(24-12-2-1-3-12)21-16(20-13)22-4-6-23-7-5-22;1-4-3(6)5-2/h8-10,12H,1-7H2,(H2,17,18,19);1-2H3,(H2,4,5,6). The number of nitrogens with two attached hydrogens (primary N) is 1. The summed E-state index contributed by atoms with van der Waals surface area (Å²) in [6.07, 6.45) is 6.97. The number of rotatable bonds is 4. The van der Waals surface area contributed by atoms with Crippen LogP contribution >= 0.6 is 0 Å². The molecule has 4 N–H and O–H groups in total. The Hall–Kier alpha value is -3.21. The largest absolute Gasteiger partial charge is 0.474 e. The van der Waals surface area contributed by atoms with Crippen molar-refractivity contribution in [1.82, 2.24) is 30.6 Å². The molecule has 1 aliphatic heterocycles. The Morgan fingerprint density at radius 1 is 1.17 bits per heavy atom. The van der Waals surface area contributed by atoms with Crippen LogP contribution in [0.4, 0.5) is 16.7 Å². The van der Waals surface area contributed by atoms with Crippen LogP contribution in [0, 0.1) is 0 Å². The highest BCUT2D eigenvalue weighted by molar-refractivity contribution is 5.72. The first-order valence-corrected chi connectivity index (χ1v) is 9.95. The maximum absolute atomic E-state index is 9.96. The fraction of sp³-hybridized carbons (Fsp3) is 0.526. The van der Waals surface area contributed by atoms with Crippen molar-refractivity contribution >= 4 is 17.9 Å². The molecule has 1 saturated heterocycles. The van der Waals surface area contributed by atoms with Gasteiger partial charge in [0.25, 0.3) is 0 Å². The van der Waals surface area contributed by atoms with Crippen molar-refractivity contribution in [1.29, 1.82) is 0 Å². The van der Waals surface area contributed by atoms with Crippen LogP contribution in [0.3, 0.4) is 0 Å². The van der Waals surface area contributed by atoms with Gasteiger partial charge in [-0.05, 0) is 19.3 Å². The Bertz CT molecular complexity index is 817. The molecule has 162 valence electrons. The molecule has 1 aliphatic carbocycles. The van der Waals surface area contributed by atoms with Gasteiger partial charge in [-0.25, -0.2) is 19.7 Å². The molecular weight excluding hydrogens is 388 g/mol. The highest BCUT2D eigenvalue weighted by atomic mass is 16.5. The van der Waals surface area contributed by atoms with Crippen molar-refractivity contribution in [3.8, 4) is 17.1 Å². The van der Waals surface area contributed by atoms with E-state index in [4.69, 9.17) is 15.2 Å². The predicted molar refractivity (Wildman–Crippen MR) is 112 cm³/mol. The Morgan fingerprint density at radius 2 is 1.83 bits per heavy atom. The van der Waals surface area contributed by atoms with Crippen molar-refractivity contribution in [2.45, 2.75) is 25.4 Å². The number of morpholine rings is 1. The van der Waals surface area contributed by atoms with Crippen LogP contribution in [0.15, 0.2) is 18.5 Å². The summed E-state index contributed by atoms with van der Waals surface area (Å²) >= 11 is 0. The second-order valence-corrected chi connectivity index (χ2v) is 6.82. The van der Waals surface area contributed by atoms with Crippen LogP contribution in [-0.4, -0.2) is 72.5 Å². The normalized spacial score (nSPS) is 16.0. The summed E-state index contributed by atoms with van der Waals surface area (Å²) < 4.78 is 11.4. The van der Waals surface area contributed by atoms with Crippen LogP contribution < -0.4 is 26.0 Å². The molecule has 2 fully saturated rings. The number of nitrogens with one attached hydrogen (secondary N) is 2. The van der Waals surface area contributed by atoms with Crippen molar-refractivity contribution in [3.63, 3.8) is 0 Å².